The molecule has 3 nitrogen and oxygen atoms in total. The maximum atomic E-state index is 12.4. The van der Waals surface area contributed by atoms with Crippen LogP contribution in [0.4, 0.5) is 11.4 Å². The van der Waals surface area contributed by atoms with Gasteiger partial charge in [-0.1, -0.05) is 19.4 Å². The SMILES string of the molecule is CC1CCCC1C(=O)Nc1cccc2c1CCCN2. The zero-order valence-corrected chi connectivity index (χ0v) is 11.5. The van der Waals surface area contributed by atoms with Gasteiger partial charge in [0.1, 0.15) is 0 Å². The van der Waals surface area contributed by atoms with E-state index < -0.39 is 0 Å². The first kappa shape index (κ1) is 12.5. The molecule has 1 aliphatic carbocycles. The van der Waals surface area contributed by atoms with Crippen LogP contribution in [0.5, 0.6) is 0 Å². The molecule has 19 heavy (non-hydrogen) atoms. The van der Waals surface area contributed by atoms with Crippen LogP contribution in [0.25, 0.3) is 0 Å². The lowest BCUT2D eigenvalue weighted by atomic mass is 9.96. The Kier molecular flexibility index (Phi) is 3.45. The van der Waals surface area contributed by atoms with E-state index in [1.807, 2.05) is 12.1 Å². The number of rotatable bonds is 2. The third-order valence-electron chi connectivity index (χ3n) is 4.55. The third kappa shape index (κ3) is 2.46. The average Bonchev–Trinajstić information content (AvgIpc) is 2.85. The minimum atomic E-state index is 0.201. The van der Waals surface area contributed by atoms with Crippen molar-refractivity contribution >= 4 is 17.3 Å². The third-order valence-corrected chi connectivity index (χ3v) is 4.55. The van der Waals surface area contributed by atoms with Crippen LogP contribution in [0, 0.1) is 11.8 Å². The Morgan fingerprint density at radius 3 is 3.00 bits per heavy atom. The Morgan fingerprint density at radius 2 is 2.21 bits per heavy atom. The summed E-state index contributed by atoms with van der Waals surface area (Å²) in [6, 6.07) is 6.15. The van der Waals surface area contributed by atoms with Crippen molar-refractivity contribution in [3.63, 3.8) is 0 Å². The molecular formula is C16H22N2O. The average molecular weight is 258 g/mol. The van der Waals surface area contributed by atoms with E-state index in [1.54, 1.807) is 0 Å². The van der Waals surface area contributed by atoms with Gasteiger partial charge in [-0.25, -0.2) is 0 Å². The second-order valence-corrected chi connectivity index (χ2v) is 5.87. The summed E-state index contributed by atoms with van der Waals surface area (Å²) in [6.07, 6.45) is 5.61. The number of carbonyl (C=O) groups is 1. The predicted octanol–water partition coefficient (Wildman–Crippen LogP) is 3.42. The maximum Gasteiger partial charge on any atom is 0.227 e. The topological polar surface area (TPSA) is 41.1 Å². The zero-order chi connectivity index (χ0) is 13.2. The van der Waals surface area contributed by atoms with Gasteiger partial charge in [0, 0.05) is 23.8 Å². The Bertz CT molecular complexity index is 484. The molecule has 2 unspecified atom stereocenters. The molecule has 3 heteroatoms. The highest BCUT2D eigenvalue weighted by molar-refractivity contribution is 5.94. The van der Waals surface area contributed by atoms with Crippen molar-refractivity contribution in [1.29, 1.82) is 0 Å². The van der Waals surface area contributed by atoms with Crippen LogP contribution in [0.3, 0.4) is 0 Å². The van der Waals surface area contributed by atoms with Crippen molar-refractivity contribution in [2.45, 2.75) is 39.0 Å². The summed E-state index contributed by atoms with van der Waals surface area (Å²) in [5, 5.41) is 6.57. The van der Waals surface area contributed by atoms with E-state index in [2.05, 4.69) is 23.6 Å². The molecule has 3 rings (SSSR count). The number of carbonyl (C=O) groups excluding carboxylic acids is 1. The highest BCUT2D eigenvalue weighted by Crippen LogP contribution is 2.34. The number of fused-ring (bicyclic) bond motifs is 1. The quantitative estimate of drug-likeness (QED) is 0.853. The maximum absolute atomic E-state index is 12.4. The normalized spacial score (nSPS) is 25.5. The van der Waals surface area contributed by atoms with Gasteiger partial charge in [-0.05, 0) is 49.3 Å². The fourth-order valence-electron chi connectivity index (χ4n) is 3.39. The second kappa shape index (κ2) is 5.24. The Labute approximate surface area is 114 Å². The van der Waals surface area contributed by atoms with Crippen molar-refractivity contribution in [3.8, 4) is 0 Å². The lowest BCUT2D eigenvalue weighted by molar-refractivity contribution is -0.120. The van der Waals surface area contributed by atoms with E-state index in [0.717, 1.165) is 31.5 Å². The van der Waals surface area contributed by atoms with Crippen LogP contribution in [-0.4, -0.2) is 12.5 Å². The van der Waals surface area contributed by atoms with Crippen molar-refractivity contribution in [3.05, 3.63) is 23.8 Å². The lowest BCUT2D eigenvalue weighted by Gasteiger charge is -2.22. The Morgan fingerprint density at radius 1 is 1.32 bits per heavy atom. The smallest absolute Gasteiger partial charge is 0.227 e. The van der Waals surface area contributed by atoms with Crippen LogP contribution in [-0.2, 0) is 11.2 Å². The first-order valence-electron chi connectivity index (χ1n) is 7.42. The van der Waals surface area contributed by atoms with Crippen molar-refractivity contribution in [2.75, 3.05) is 17.2 Å². The minimum absolute atomic E-state index is 0.201. The molecule has 1 aromatic rings. The highest BCUT2D eigenvalue weighted by atomic mass is 16.1. The summed E-state index contributed by atoms with van der Waals surface area (Å²) in [6.45, 7) is 3.23. The molecule has 1 amide bonds. The molecule has 1 fully saturated rings. The Hall–Kier alpha value is -1.51. The van der Waals surface area contributed by atoms with Gasteiger partial charge in [0.25, 0.3) is 0 Å². The molecule has 0 bridgehead atoms. The summed E-state index contributed by atoms with van der Waals surface area (Å²) < 4.78 is 0. The van der Waals surface area contributed by atoms with Crippen LogP contribution < -0.4 is 10.6 Å². The van der Waals surface area contributed by atoms with E-state index in [1.165, 1.54) is 24.1 Å². The summed E-state index contributed by atoms with van der Waals surface area (Å²) in [7, 11) is 0. The minimum Gasteiger partial charge on any atom is -0.385 e. The molecular weight excluding hydrogens is 236 g/mol. The molecule has 1 heterocycles. The van der Waals surface area contributed by atoms with Gasteiger partial charge in [-0.3, -0.25) is 4.79 Å². The van der Waals surface area contributed by atoms with Crippen molar-refractivity contribution in [2.24, 2.45) is 11.8 Å². The molecule has 0 radical (unpaired) electrons. The number of benzene rings is 1. The number of anilines is 2. The van der Waals surface area contributed by atoms with Crippen LogP contribution in [0.2, 0.25) is 0 Å². The summed E-state index contributed by atoms with van der Waals surface area (Å²) in [5.41, 5.74) is 3.46. The van der Waals surface area contributed by atoms with Gasteiger partial charge in [0.2, 0.25) is 5.91 Å². The molecule has 2 atom stereocenters. The summed E-state index contributed by atoms with van der Waals surface area (Å²) >= 11 is 0. The van der Waals surface area contributed by atoms with Gasteiger partial charge < -0.3 is 10.6 Å². The lowest BCUT2D eigenvalue weighted by Crippen LogP contribution is -2.25. The van der Waals surface area contributed by atoms with Gasteiger partial charge in [-0.15, -0.1) is 0 Å². The molecule has 102 valence electrons. The number of nitrogens with one attached hydrogen (secondary N) is 2. The molecule has 2 aliphatic rings. The molecule has 1 aromatic carbocycles. The number of hydrogen-bond acceptors (Lipinski definition) is 2. The van der Waals surface area contributed by atoms with E-state index in [0.29, 0.717) is 5.92 Å². The second-order valence-electron chi connectivity index (χ2n) is 5.87. The van der Waals surface area contributed by atoms with Crippen molar-refractivity contribution < 1.29 is 4.79 Å². The molecule has 1 aliphatic heterocycles. The zero-order valence-electron chi connectivity index (χ0n) is 11.5. The Balaban J connectivity index is 1.78. The molecule has 0 saturated heterocycles. The molecule has 1 saturated carbocycles. The molecule has 0 aromatic heterocycles. The van der Waals surface area contributed by atoms with E-state index in [4.69, 9.17) is 0 Å². The van der Waals surface area contributed by atoms with Gasteiger partial charge in [0.05, 0.1) is 0 Å². The molecule has 0 spiro atoms. The fourth-order valence-corrected chi connectivity index (χ4v) is 3.39. The van der Waals surface area contributed by atoms with Crippen LogP contribution in [0.15, 0.2) is 18.2 Å². The first-order chi connectivity index (χ1) is 9.25. The molecule has 2 N–H and O–H groups in total. The van der Waals surface area contributed by atoms with E-state index in [9.17, 15) is 4.79 Å². The van der Waals surface area contributed by atoms with Crippen molar-refractivity contribution in [1.82, 2.24) is 0 Å². The predicted molar refractivity (Wildman–Crippen MR) is 78.4 cm³/mol. The van der Waals surface area contributed by atoms with E-state index >= 15 is 0 Å². The standard InChI is InChI=1S/C16H22N2O/c1-11-5-2-6-12(11)16(19)18-15-9-3-8-14-13(15)7-4-10-17-14/h3,8-9,11-12,17H,2,4-7,10H2,1H3,(H,18,19). The fraction of sp³-hybridized carbons (Fsp3) is 0.562. The highest BCUT2D eigenvalue weighted by Gasteiger charge is 2.30. The van der Waals surface area contributed by atoms with Gasteiger partial charge in [0.15, 0.2) is 0 Å². The number of hydrogen-bond donors (Lipinski definition) is 2. The van der Waals surface area contributed by atoms with Gasteiger partial charge in [-0.2, -0.15) is 0 Å². The number of amides is 1. The summed E-state index contributed by atoms with van der Waals surface area (Å²) in [4.78, 5) is 12.4. The van der Waals surface area contributed by atoms with Crippen LogP contribution in [0.1, 0.15) is 38.2 Å². The van der Waals surface area contributed by atoms with E-state index in [-0.39, 0.29) is 11.8 Å². The van der Waals surface area contributed by atoms with Gasteiger partial charge >= 0.3 is 0 Å². The first-order valence-corrected chi connectivity index (χ1v) is 7.42. The largest absolute Gasteiger partial charge is 0.385 e. The monoisotopic (exact) mass is 258 g/mol. The van der Waals surface area contributed by atoms with Crippen LogP contribution >= 0.6 is 0 Å². The summed E-state index contributed by atoms with van der Waals surface area (Å²) in [5.74, 6) is 0.939.